The zero-order chi connectivity index (χ0) is 20.3. The summed E-state index contributed by atoms with van der Waals surface area (Å²) < 4.78 is 32.8. The summed E-state index contributed by atoms with van der Waals surface area (Å²) >= 11 is 6.04. The molecule has 8 nitrogen and oxygen atoms in total. The van der Waals surface area contributed by atoms with Gasteiger partial charge in [0.2, 0.25) is 10.0 Å². The number of nitro benzene ring substituents is 1. The lowest BCUT2D eigenvalue weighted by molar-refractivity contribution is -0.385. The molecule has 3 rings (SSSR count). The molecule has 150 valence electrons. The Morgan fingerprint density at radius 2 is 1.93 bits per heavy atom. The third-order valence-electron chi connectivity index (χ3n) is 4.48. The first-order valence-electron chi connectivity index (χ1n) is 8.67. The fraction of sp³-hybridized carbons (Fsp3) is 0.333. The average molecular weight is 426 g/mol. The van der Waals surface area contributed by atoms with Gasteiger partial charge in [-0.2, -0.15) is 4.31 Å². The maximum atomic E-state index is 13.1. The first-order chi connectivity index (χ1) is 13.3. The van der Waals surface area contributed by atoms with Crippen molar-refractivity contribution in [2.24, 2.45) is 0 Å². The Morgan fingerprint density at radius 1 is 1.21 bits per heavy atom. The van der Waals surface area contributed by atoms with E-state index < -0.39 is 14.9 Å². The predicted molar refractivity (Wildman–Crippen MR) is 106 cm³/mol. The lowest BCUT2D eigenvalue weighted by Gasteiger charge is -2.27. The van der Waals surface area contributed by atoms with E-state index in [1.165, 1.54) is 16.4 Å². The van der Waals surface area contributed by atoms with E-state index in [1.807, 2.05) is 13.0 Å². The number of morpholine rings is 1. The molecule has 0 saturated carbocycles. The first-order valence-corrected chi connectivity index (χ1v) is 10.5. The molecule has 1 aliphatic heterocycles. The zero-order valence-electron chi connectivity index (χ0n) is 15.2. The van der Waals surface area contributed by atoms with Gasteiger partial charge in [0.15, 0.2) is 0 Å². The molecule has 1 fully saturated rings. The normalized spacial score (nSPS) is 16.5. The van der Waals surface area contributed by atoms with E-state index in [2.05, 4.69) is 5.32 Å². The second kappa shape index (κ2) is 8.44. The van der Waals surface area contributed by atoms with Crippen LogP contribution in [0.2, 0.25) is 5.02 Å². The number of ether oxygens (including phenoxy) is 1. The lowest BCUT2D eigenvalue weighted by Crippen LogP contribution is -2.40. The Kier molecular flexibility index (Phi) is 6.19. The molecule has 1 saturated heterocycles. The zero-order valence-corrected chi connectivity index (χ0v) is 16.7. The molecule has 0 radical (unpaired) electrons. The van der Waals surface area contributed by atoms with E-state index in [-0.39, 0.29) is 42.9 Å². The Bertz CT molecular complexity index is 977. The maximum absolute atomic E-state index is 13.1. The molecule has 1 heterocycles. The van der Waals surface area contributed by atoms with E-state index in [9.17, 15) is 18.5 Å². The van der Waals surface area contributed by atoms with Crippen LogP contribution in [0.4, 0.5) is 11.4 Å². The minimum Gasteiger partial charge on any atom is -0.379 e. The van der Waals surface area contributed by atoms with Crippen molar-refractivity contribution < 1.29 is 18.1 Å². The van der Waals surface area contributed by atoms with Crippen molar-refractivity contribution in [3.8, 4) is 0 Å². The van der Waals surface area contributed by atoms with Gasteiger partial charge in [-0.25, -0.2) is 8.42 Å². The number of hydrogen-bond acceptors (Lipinski definition) is 6. The van der Waals surface area contributed by atoms with Crippen molar-refractivity contribution in [2.45, 2.75) is 17.9 Å². The maximum Gasteiger partial charge on any atom is 0.270 e. The van der Waals surface area contributed by atoms with Gasteiger partial charge in [0.25, 0.3) is 5.69 Å². The van der Waals surface area contributed by atoms with Gasteiger partial charge < -0.3 is 10.1 Å². The van der Waals surface area contributed by atoms with E-state index in [0.717, 1.165) is 11.6 Å². The number of rotatable bonds is 6. The topological polar surface area (TPSA) is 102 Å². The van der Waals surface area contributed by atoms with Crippen molar-refractivity contribution in [3.63, 3.8) is 0 Å². The van der Waals surface area contributed by atoms with Crippen LogP contribution in [0.5, 0.6) is 0 Å². The number of non-ortho nitro benzene ring substituents is 1. The molecule has 2 aromatic rings. The van der Waals surface area contributed by atoms with Crippen molar-refractivity contribution in [3.05, 3.63) is 63.2 Å². The van der Waals surface area contributed by atoms with Crippen LogP contribution in [-0.2, 0) is 14.8 Å². The standard InChI is InChI=1S/C18H20ClN3O5S/c1-13(14-3-2-4-15(19)11-14)20-17-6-5-16(22(23)24)12-18(17)28(25,26)21-7-9-27-10-8-21/h2-6,11-13,20H,7-10H2,1H3/t13-/m1/s1. The van der Waals surface area contributed by atoms with Crippen molar-refractivity contribution in [1.29, 1.82) is 0 Å². The number of benzene rings is 2. The van der Waals surface area contributed by atoms with E-state index in [4.69, 9.17) is 16.3 Å². The van der Waals surface area contributed by atoms with Crippen LogP contribution in [0.15, 0.2) is 47.4 Å². The van der Waals surface area contributed by atoms with Crippen LogP contribution < -0.4 is 5.32 Å². The van der Waals surface area contributed by atoms with E-state index in [0.29, 0.717) is 10.7 Å². The number of anilines is 1. The van der Waals surface area contributed by atoms with Gasteiger partial charge in [0.05, 0.1) is 23.8 Å². The molecule has 0 unspecified atom stereocenters. The smallest absolute Gasteiger partial charge is 0.270 e. The van der Waals surface area contributed by atoms with Crippen molar-refractivity contribution in [1.82, 2.24) is 4.31 Å². The van der Waals surface area contributed by atoms with Crippen LogP contribution in [0.25, 0.3) is 0 Å². The Labute approximate surface area is 168 Å². The monoisotopic (exact) mass is 425 g/mol. The van der Waals surface area contributed by atoms with Gasteiger partial charge in [-0.1, -0.05) is 23.7 Å². The highest BCUT2D eigenvalue weighted by atomic mass is 35.5. The quantitative estimate of drug-likeness (QED) is 0.561. The molecule has 10 heteroatoms. The summed E-state index contributed by atoms with van der Waals surface area (Å²) in [6.07, 6.45) is 0. The predicted octanol–water partition coefficient (Wildman–Crippen LogP) is 3.44. The average Bonchev–Trinajstić information content (AvgIpc) is 2.68. The summed E-state index contributed by atoms with van der Waals surface area (Å²) in [6, 6.07) is 10.7. The van der Waals surface area contributed by atoms with Crippen LogP contribution in [0, 0.1) is 10.1 Å². The molecule has 2 aromatic carbocycles. The second-order valence-electron chi connectivity index (χ2n) is 6.38. The van der Waals surface area contributed by atoms with Crippen LogP contribution in [0.1, 0.15) is 18.5 Å². The highest BCUT2D eigenvalue weighted by Crippen LogP contribution is 2.32. The number of nitrogens with zero attached hydrogens (tertiary/aromatic N) is 2. The van der Waals surface area contributed by atoms with Gasteiger partial charge in [0.1, 0.15) is 4.90 Å². The summed E-state index contributed by atoms with van der Waals surface area (Å²) in [6.45, 7) is 2.84. The van der Waals surface area contributed by atoms with Crippen LogP contribution in [0.3, 0.4) is 0 Å². The summed E-state index contributed by atoms with van der Waals surface area (Å²) in [5, 5.41) is 14.9. The summed E-state index contributed by atoms with van der Waals surface area (Å²) in [5.41, 5.74) is 0.873. The second-order valence-corrected chi connectivity index (χ2v) is 8.72. The molecular formula is C18H20ClN3O5S. The van der Waals surface area contributed by atoms with Crippen molar-refractivity contribution >= 4 is 33.0 Å². The van der Waals surface area contributed by atoms with Gasteiger partial charge in [-0.05, 0) is 30.7 Å². The SMILES string of the molecule is C[C@@H](Nc1ccc([N+](=O)[O-])cc1S(=O)(=O)N1CCOCC1)c1cccc(Cl)c1. The van der Waals surface area contributed by atoms with Gasteiger partial charge in [0, 0.05) is 36.3 Å². The molecule has 28 heavy (non-hydrogen) atoms. The number of nitrogens with one attached hydrogen (secondary N) is 1. The van der Waals surface area contributed by atoms with Gasteiger partial charge in [-0.15, -0.1) is 0 Å². The molecular weight excluding hydrogens is 406 g/mol. The van der Waals surface area contributed by atoms with Crippen LogP contribution in [-0.4, -0.2) is 43.9 Å². The number of sulfonamides is 1. The molecule has 0 bridgehead atoms. The van der Waals surface area contributed by atoms with Crippen LogP contribution >= 0.6 is 11.6 Å². The Morgan fingerprint density at radius 3 is 2.57 bits per heavy atom. The molecule has 0 aliphatic carbocycles. The summed E-state index contributed by atoms with van der Waals surface area (Å²) in [5.74, 6) is 0. The minimum absolute atomic E-state index is 0.127. The molecule has 0 spiro atoms. The third-order valence-corrected chi connectivity index (χ3v) is 6.66. The Balaban J connectivity index is 1.99. The molecule has 0 amide bonds. The number of halogens is 1. The summed E-state index contributed by atoms with van der Waals surface area (Å²) in [7, 11) is -3.92. The number of nitro groups is 1. The molecule has 1 N–H and O–H groups in total. The molecule has 0 aromatic heterocycles. The minimum atomic E-state index is -3.92. The number of hydrogen-bond donors (Lipinski definition) is 1. The Hall–Kier alpha value is -2.20. The van der Waals surface area contributed by atoms with E-state index >= 15 is 0 Å². The van der Waals surface area contributed by atoms with Gasteiger partial charge in [-0.3, -0.25) is 10.1 Å². The lowest BCUT2D eigenvalue weighted by atomic mass is 10.1. The molecule has 1 atom stereocenters. The van der Waals surface area contributed by atoms with Crippen molar-refractivity contribution in [2.75, 3.05) is 31.6 Å². The summed E-state index contributed by atoms with van der Waals surface area (Å²) in [4.78, 5) is 10.5. The largest absolute Gasteiger partial charge is 0.379 e. The highest BCUT2D eigenvalue weighted by Gasteiger charge is 2.30. The first kappa shape index (κ1) is 20.5. The van der Waals surface area contributed by atoms with Gasteiger partial charge >= 0.3 is 0 Å². The van der Waals surface area contributed by atoms with E-state index in [1.54, 1.807) is 18.2 Å². The third kappa shape index (κ3) is 4.44. The molecule has 1 aliphatic rings. The highest BCUT2D eigenvalue weighted by molar-refractivity contribution is 7.89. The fourth-order valence-electron chi connectivity index (χ4n) is 2.98. The fourth-order valence-corrected chi connectivity index (χ4v) is 4.76.